The highest BCUT2D eigenvalue weighted by Gasteiger charge is 2.17. The summed E-state index contributed by atoms with van der Waals surface area (Å²) in [6, 6.07) is 9.90. The molecule has 0 radical (unpaired) electrons. The van der Waals surface area contributed by atoms with E-state index in [2.05, 4.69) is 15.6 Å². The molecule has 0 saturated heterocycles. The smallest absolute Gasteiger partial charge is 0.255 e. The molecule has 1 atom stereocenters. The second-order valence-corrected chi connectivity index (χ2v) is 5.99. The van der Waals surface area contributed by atoms with Crippen molar-refractivity contribution in [3.05, 3.63) is 78.1 Å². The van der Waals surface area contributed by atoms with Crippen molar-refractivity contribution in [1.82, 2.24) is 15.6 Å². The quantitative estimate of drug-likeness (QED) is 0.654. The van der Waals surface area contributed by atoms with E-state index in [9.17, 15) is 14.0 Å². The van der Waals surface area contributed by atoms with Gasteiger partial charge in [-0.1, -0.05) is 12.1 Å². The molecule has 0 aliphatic carbocycles. The molecule has 0 fully saturated rings. The molecule has 1 aromatic carbocycles. The highest BCUT2D eigenvalue weighted by atomic mass is 19.1. The molecular formula is C20H18FN3O4. The predicted octanol–water partition coefficient (Wildman–Crippen LogP) is 3.04. The third-order valence-electron chi connectivity index (χ3n) is 3.81. The maximum atomic E-state index is 13.2. The summed E-state index contributed by atoms with van der Waals surface area (Å²) in [7, 11) is 0. The second kappa shape index (κ2) is 8.81. The zero-order valence-corrected chi connectivity index (χ0v) is 15.0. The van der Waals surface area contributed by atoms with E-state index in [0.29, 0.717) is 17.2 Å². The lowest BCUT2D eigenvalue weighted by atomic mass is 10.2. The van der Waals surface area contributed by atoms with Gasteiger partial charge in [0.05, 0.1) is 11.8 Å². The predicted molar refractivity (Wildman–Crippen MR) is 98.2 cm³/mol. The highest BCUT2D eigenvalue weighted by molar-refractivity contribution is 5.97. The second-order valence-electron chi connectivity index (χ2n) is 5.99. The van der Waals surface area contributed by atoms with Gasteiger partial charge in [-0.2, -0.15) is 0 Å². The summed E-state index contributed by atoms with van der Waals surface area (Å²) in [6.45, 7) is 1.82. The van der Waals surface area contributed by atoms with E-state index in [-0.39, 0.29) is 12.5 Å². The van der Waals surface area contributed by atoms with Gasteiger partial charge < -0.3 is 19.8 Å². The molecule has 144 valence electrons. The van der Waals surface area contributed by atoms with E-state index in [4.69, 9.17) is 9.15 Å². The topological polar surface area (TPSA) is 93.5 Å². The van der Waals surface area contributed by atoms with Crippen molar-refractivity contribution in [3.8, 4) is 11.6 Å². The normalized spacial score (nSPS) is 11.5. The summed E-state index contributed by atoms with van der Waals surface area (Å²) in [5.41, 5.74) is 1.09. The molecule has 3 rings (SSSR count). The van der Waals surface area contributed by atoms with Crippen molar-refractivity contribution >= 4 is 11.8 Å². The fourth-order valence-electron chi connectivity index (χ4n) is 2.31. The maximum Gasteiger partial charge on any atom is 0.255 e. The van der Waals surface area contributed by atoms with Gasteiger partial charge in [-0.05, 0) is 30.7 Å². The van der Waals surface area contributed by atoms with E-state index in [1.165, 1.54) is 30.7 Å². The fraction of sp³-hybridized carbons (Fsp3) is 0.150. The molecule has 2 heterocycles. The summed E-state index contributed by atoms with van der Waals surface area (Å²) in [6.07, 6.45) is 4.23. The van der Waals surface area contributed by atoms with Crippen LogP contribution in [0.1, 0.15) is 22.8 Å². The Morgan fingerprint density at radius 1 is 1.25 bits per heavy atom. The van der Waals surface area contributed by atoms with Gasteiger partial charge in [0.1, 0.15) is 23.9 Å². The van der Waals surface area contributed by atoms with Crippen molar-refractivity contribution in [2.75, 3.05) is 0 Å². The molecule has 0 spiro atoms. The monoisotopic (exact) mass is 383 g/mol. The molecule has 0 saturated carbocycles. The first-order valence-corrected chi connectivity index (χ1v) is 8.50. The van der Waals surface area contributed by atoms with Crippen molar-refractivity contribution in [1.29, 1.82) is 0 Å². The van der Waals surface area contributed by atoms with Gasteiger partial charge in [0.15, 0.2) is 0 Å². The Kier molecular flexibility index (Phi) is 6.01. The molecule has 1 unspecified atom stereocenters. The number of hydrogen-bond acceptors (Lipinski definition) is 5. The molecule has 2 N–H and O–H groups in total. The van der Waals surface area contributed by atoms with Crippen LogP contribution in [0.4, 0.5) is 4.39 Å². The van der Waals surface area contributed by atoms with Crippen LogP contribution in [0.2, 0.25) is 0 Å². The SMILES string of the molecule is CC(NC(=O)c1ccoc1)C(=O)NCc1ccc(Oc2cccc(F)c2)nc1. The van der Waals surface area contributed by atoms with Crippen molar-refractivity contribution < 1.29 is 23.1 Å². The van der Waals surface area contributed by atoms with Gasteiger partial charge in [-0.25, -0.2) is 9.37 Å². The molecular weight excluding hydrogens is 365 g/mol. The van der Waals surface area contributed by atoms with E-state index in [1.54, 1.807) is 37.4 Å². The summed E-state index contributed by atoms with van der Waals surface area (Å²) in [5, 5.41) is 5.30. The van der Waals surface area contributed by atoms with Gasteiger partial charge in [0.25, 0.3) is 5.91 Å². The minimum absolute atomic E-state index is 0.234. The zero-order valence-electron chi connectivity index (χ0n) is 15.0. The first-order chi connectivity index (χ1) is 13.5. The molecule has 8 heteroatoms. The van der Waals surface area contributed by atoms with Crippen LogP contribution in [-0.2, 0) is 11.3 Å². The highest BCUT2D eigenvalue weighted by Crippen LogP contribution is 2.19. The van der Waals surface area contributed by atoms with Crippen LogP contribution in [0.15, 0.2) is 65.6 Å². The van der Waals surface area contributed by atoms with Gasteiger partial charge in [0.2, 0.25) is 11.8 Å². The van der Waals surface area contributed by atoms with Crippen molar-refractivity contribution in [2.24, 2.45) is 0 Å². The molecule has 0 bridgehead atoms. The Morgan fingerprint density at radius 3 is 2.79 bits per heavy atom. The van der Waals surface area contributed by atoms with Crippen LogP contribution in [0.5, 0.6) is 11.6 Å². The van der Waals surface area contributed by atoms with Gasteiger partial charge in [0, 0.05) is 24.9 Å². The van der Waals surface area contributed by atoms with Gasteiger partial charge in [-0.15, -0.1) is 0 Å². The number of nitrogens with one attached hydrogen (secondary N) is 2. The number of ether oxygens (including phenoxy) is 1. The van der Waals surface area contributed by atoms with Crippen molar-refractivity contribution in [3.63, 3.8) is 0 Å². The summed E-state index contributed by atoms with van der Waals surface area (Å²) >= 11 is 0. The molecule has 0 aliphatic rings. The lowest BCUT2D eigenvalue weighted by Crippen LogP contribution is -2.44. The van der Waals surface area contributed by atoms with Crippen molar-refractivity contribution in [2.45, 2.75) is 19.5 Å². The zero-order chi connectivity index (χ0) is 19.9. The molecule has 2 amide bonds. The summed E-state index contributed by atoms with van der Waals surface area (Å²) in [4.78, 5) is 28.2. The number of aromatic nitrogens is 1. The lowest BCUT2D eigenvalue weighted by molar-refractivity contribution is -0.122. The standard InChI is InChI=1S/C20H18FN3O4/c1-13(24-20(26)15-7-8-27-12-15)19(25)23-11-14-5-6-18(22-10-14)28-17-4-2-3-16(21)9-17/h2-10,12-13H,11H2,1H3,(H,23,25)(H,24,26). The number of furan rings is 1. The largest absolute Gasteiger partial charge is 0.472 e. The van der Waals surface area contributed by atoms with Gasteiger partial charge in [-0.3, -0.25) is 9.59 Å². The Balaban J connectivity index is 1.48. The number of halogens is 1. The Labute approximate surface area is 160 Å². The van der Waals surface area contributed by atoms with Crippen LogP contribution in [0.3, 0.4) is 0 Å². The Bertz CT molecular complexity index is 942. The van der Waals surface area contributed by atoms with E-state index >= 15 is 0 Å². The molecule has 7 nitrogen and oxygen atoms in total. The van der Waals surface area contributed by atoms with Crippen LogP contribution in [-0.4, -0.2) is 22.8 Å². The number of pyridine rings is 1. The van der Waals surface area contributed by atoms with E-state index in [1.807, 2.05) is 0 Å². The summed E-state index contributed by atoms with van der Waals surface area (Å²) in [5.74, 6) is -0.475. The third-order valence-corrected chi connectivity index (χ3v) is 3.81. The third kappa shape index (κ3) is 5.16. The van der Waals surface area contributed by atoms with Gasteiger partial charge >= 0.3 is 0 Å². The Morgan fingerprint density at radius 2 is 2.11 bits per heavy atom. The number of rotatable bonds is 7. The number of carbonyl (C=O) groups is 2. The fourth-order valence-corrected chi connectivity index (χ4v) is 2.31. The van der Waals surface area contributed by atoms with Crippen LogP contribution >= 0.6 is 0 Å². The summed E-state index contributed by atoms with van der Waals surface area (Å²) < 4.78 is 23.5. The number of benzene rings is 1. The van der Waals surface area contributed by atoms with Crippen LogP contribution < -0.4 is 15.4 Å². The Hall–Kier alpha value is -3.68. The molecule has 0 aliphatic heterocycles. The number of hydrogen-bond donors (Lipinski definition) is 2. The molecule has 3 aromatic rings. The number of nitrogens with zero attached hydrogens (tertiary/aromatic N) is 1. The first kappa shape index (κ1) is 19.1. The van der Waals surface area contributed by atoms with Crippen LogP contribution in [0.25, 0.3) is 0 Å². The number of amides is 2. The molecule has 28 heavy (non-hydrogen) atoms. The average molecular weight is 383 g/mol. The number of carbonyl (C=O) groups excluding carboxylic acids is 2. The lowest BCUT2D eigenvalue weighted by Gasteiger charge is -2.13. The first-order valence-electron chi connectivity index (χ1n) is 8.50. The van der Waals surface area contributed by atoms with E-state index < -0.39 is 17.8 Å². The minimum atomic E-state index is -0.717. The van der Waals surface area contributed by atoms with E-state index in [0.717, 1.165) is 5.56 Å². The molecule has 2 aromatic heterocycles. The average Bonchev–Trinajstić information content (AvgIpc) is 3.22. The van der Waals surface area contributed by atoms with Crippen LogP contribution in [0, 0.1) is 5.82 Å². The minimum Gasteiger partial charge on any atom is -0.472 e. The maximum absolute atomic E-state index is 13.2.